The summed E-state index contributed by atoms with van der Waals surface area (Å²) in [7, 11) is 0. The highest BCUT2D eigenvalue weighted by molar-refractivity contribution is 5.97. The topological polar surface area (TPSA) is 105 Å². The summed E-state index contributed by atoms with van der Waals surface area (Å²) in [5.41, 5.74) is 2.87. The van der Waals surface area contributed by atoms with Crippen molar-refractivity contribution in [3.63, 3.8) is 0 Å². The monoisotopic (exact) mass is 431 g/mol. The first kappa shape index (κ1) is 21.3. The molecule has 1 fully saturated rings. The SMILES string of the molecule is CC(C)NC(=O)c1cccc(-c2cc(NC(=O)[C@@H]3CNC(=O)C3)nn2-c2ccccc2)c1. The number of carbonyl (C=O) groups is 3. The maximum Gasteiger partial charge on any atom is 0.251 e. The van der Waals surface area contributed by atoms with Crippen LogP contribution in [0.2, 0.25) is 0 Å². The van der Waals surface area contributed by atoms with Gasteiger partial charge in [0.05, 0.1) is 17.3 Å². The smallest absolute Gasteiger partial charge is 0.251 e. The van der Waals surface area contributed by atoms with E-state index in [1.165, 1.54) is 0 Å². The van der Waals surface area contributed by atoms with Crippen LogP contribution in [0.25, 0.3) is 16.9 Å². The minimum atomic E-state index is -0.420. The molecule has 2 heterocycles. The average molecular weight is 431 g/mol. The van der Waals surface area contributed by atoms with E-state index < -0.39 is 5.92 Å². The van der Waals surface area contributed by atoms with Crippen molar-refractivity contribution in [2.45, 2.75) is 26.3 Å². The molecule has 3 N–H and O–H groups in total. The Kier molecular flexibility index (Phi) is 6.02. The Balaban J connectivity index is 1.69. The number of aromatic nitrogens is 2. The van der Waals surface area contributed by atoms with E-state index in [1.807, 2.05) is 56.3 Å². The Hall–Kier alpha value is -3.94. The summed E-state index contributed by atoms with van der Waals surface area (Å²) in [6.07, 6.45) is 0.172. The molecule has 1 atom stereocenters. The van der Waals surface area contributed by atoms with Gasteiger partial charge < -0.3 is 16.0 Å². The lowest BCUT2D eigenvalue weighted by Gasteiger charge is -2.11. The first-order valence-corrected chi connectivity index (χ1v) is 10.5. The molecule has 4 rings (SSSR count). The number of rotatable bonds is 6. The Morgan fingerprint density at radius 1 is 1.09 bits per heavy atom. The predicted molar refractivity (Wildman–Crippen MR) is 121 cm³/mol. The van der Waals surface area contributed by atoms with Gasteiger partial charge in [-0.3, -0.25) is 14.4 Å². The Bertz CT molecular complexity index is 1150. The van der Waals surface area contributed by atoms with Gasteiger partial charge in [0.1, 0.15) is 0 Å². The Morgan fingerprint density at radius 2 is 1.88 bits per heavy atom. The molecule has 32 heavy (non-hydrogen) atoms. The molecule has 8 heteroatoms. The summed E-state index contributed by atoms with van der Waals surface area (Å²) in [5, 5.41) is 13.0. The molecule has 3 aromatic rings. The van der Waals surface area contributed by atoms with Crippen LogP contribution in [0.3, 0.4) is 0 Å². The quantitative estimate of drug-likeness (QED) is 0.558. The zero-order valence-electron chi connectivity index (χ0n) is 18.0. The normalized spacial score (nSPS) is 15.5. The molecule has 0 saturated carbocycles. The fourth-order valence-corrected chi connectivity index (χ4v) is 3.60. The number of para-hydroxylation sites is 1. The third-order valence-corrected chi connectivity index (χ3v) is 5.15. The molecule has 164 valence electrons. The van der Waals surface area contributed by atoms with Gasteiger partial charge in [-0.25, -0.2) is 4.68 Å². The Labute approximate surface area is 186 Å². The maximum atomic E-state index is 12.6. The van der Waals surface area contributed by atoms with Gasteiger partial charge in [0.25, 0.3) is 5.91 Å². The molecule has 0 radical (unpaired) electrons. The molecule has 1 saturated heterocycles. The number of hydrogen-bond acceptors (Lipinski definition) is 4. The third kappa shape index (κ3) is 4.69. The van der Waals surface area contributed by atoms with Crippen LogP contribution in [0.5, 0.6) is 0 Å². The van der Waals surface area contributed by atoms with Crippen molar-refractivity contribution in [3.05, 3.63) is 66.2 Å². The van der Waals surface area contributed by atoms with Crippen molar-refractivity contribution in [2.75, 3.05) is 11.9 Å². The van der Waals surface area contributed by atoms with Crippen molar-refractivity contribution in [2.24, 2.45) is 5.92 Å². The van der Waals surface area contributed by atoms with Gasteiger partial charge in [0.15, 0.2) is 5.82 Å². The maximum absolute atomic E-state index is 12.6. The largest absolute Gasteiger partial charge is 0.355 e. The zero-order valence-corrected chi connectivity index (χ0v) is 18.0. The van der Waals surface area contributed by atoms with Gasteiger partial charge in [-0.05, 0) is 38.1 Å². The van der Waals surface area contributed by atoms with Gasteiger partial charge in [0.2, 0.25) is 11.8 Å². The molecule has 2 aromatic carbocycles. The summed E-state index contributed by atoms with van der Waals surface area (Å²) in [5.74, 6) is -0.574. The van der Waals surface area contributed by atoms with Crippen LogP contribution >= 0.6 is 0 Å². The summed E-state index contributed by atoms with van der Waals surface area (Å²) in [6.45, 7) is 4.15. The second-order valence-corrected chi connectivity index (χ2v) is 8.07. The fraction of sp³-hybridized carbons (Fsp3) is 0.250. The molecule has 1 aromatic heterocycles. The standard InChI is InChI=1S/C24H25N5O3/c1-15(2)26-23(31)17-8-6-7-16(11-17)20-13-21(27-24(32)18-12-22(30)25-14-18)28-29(20)19-9-4-3-5-10-19/h3-11,13,15,18H,12,14H2,1-2H3,(H,25,30)(H,26,31)(H,27,28,32)/t18-/m0/s1. The van der Waals surface area contributed by atoms with E-state index in [9.17, 15) is 14.4 Å². The van der Waals surface area contributed by atoms with Gasteiger partial charge in [-0.1, -0.05) is 30.3 Å². The first-order chi connectivity index (χ1) is 15.4. The number of nitrogens with zero attached hydrogens (tertiary/aromatic N) is 2. The number of benzene rings is 2. The van der Waals surface area contributed by atoms with Crippen molar-refractivity contribution >= 4 is 23.5 Å². The minimum Gasteiger partial charge on any atom is -0.355 e. The van der Waals surface area contributed by atoms with Crippen molar-refractivity contribution in [1.82, 2.24) is 20.4 Å². The van der Waals surface area contributed by atoms with Gasteiger partial charge in [-0.2, -0.15) is 0 Å². The van der Waals surface area contributed by atoms with Crippen molar-refractivity contribution in [1.29, 1.82) is 0 Å². The van der Waals surface area contributed by atoms with Gasteiger partial charge in [0, 0.05) is 36.2 Å². The molecule has 3 amide bonds. The van der Waals surface area contributed by atoms with E-state index >= 15 is 0 Å². The van der Waals surface area contributed by atoms with Crippen molar-refractivity contribution in [3.8, 4) is 16.9 Å². The summed E-state index contributed by atoms with van der Waals surface area (Å²) in [4.78, 5) is 36.5. The average Bonchev–Trinajstić information content (AvgIpc) is 3.40. The predicted octanol–water partition coefficient (Wildman–Crippen LogP) is 2.75. The fourth-order valence-electron chi connectivity index (χ4n) is 3.60. The molecular formula is C24H25N5O3. The molecule has 8 nitrogen and oxygen atoms in total. The van der Waals surface area contributed by atoms with Crippen LogP contribution in [0.1, 0.15) is 30.6 Å². The molecule has 0 unspecified atom stereocenters. The lowest BCUT2D eigenvalue weighted by Crippen LogP contribution is -2.30. The highest BCUT2D eigenvalue weighted by atomic mass is 16.2. The molecular weight excluding hydrogens is 406 g/mol. The second-order valence-electron chi connectivity index (χ2n) is 8.07. The van der Waals surface area contributed by atoms with Gasteiger partial charge in [-0.15, -0.1) is 5.10 Å². The van der Waals surface area contributed by atoms with Crippen LogP contribution in [-0.4, -0.2) is 40.1 Å². The molecule has 0 spiro atoms. The molecule has 1 aliphatic heterocycles. The molecule has 1 aliphatic rings. The van der Waals surface area contributed by atoms with E-state index in [2.05, 4.69) is 21.0 Å². The van der Waals surface area contributed by atoms with E-state index in [4.69, 9.17) is 0 Å². The van der Waals surface area contributed by atoms with Crippen LogP contribution in [-0.2, 0) is 9.59 Å². The van der Waals surface area contributed by atoms with Crippen LogP contribution in [0.4, 0.5) is 5.82 Å². The zero-order chi connectivity index (χ0) is 22.7. The highest BCUT2D eigenvalue weighted by Gasteiger charge is 2.28. The summed E-state index contributed by atoms with van der Waals surface area (Å²) in [6, 6.07) is 18.6. The van der Waals surface area contributed by atoms with Crippen LogP contribution in [0, 0.1) is 5.92 Å². The first-order valence-electron chi connectivity index (χ1n) is 10.5. The minimum absolute atomic E-state index is 0.0276. The third-order valence-electron chi connectivity index (χ3n) is 5.15. The second kappa shape index (κ2) is 9.05. The van der Waals surface area contributed by atoms with Crippen molar-refractivity contribution < 1.29 is 14.4 Å². The van der Waals surface area contributed by atoms with E-state index in [0.717, 1.165) is 16.9 Å². The lowest BCUT2D eigenvalue weighted by molar-refractivity contribution is -0.123. The number of nitrogens with one attached hydrogen (secondary N) is 3. The summed E-state index contributed by atoms with van der Waals surface area (Å²) >= 11 is 0. The van der Waals surface area contributed by atoms with Gasteiger partial charge >= 0.3 is 0 Å². The number of hydrogen-bond donors (Lipinski definition) is 3. The number of carbonyl (C=O) groups excluding carboxylic acids is 3. The highest BCUT2D eigenvalue weighted by Crippen LogP contribution is 2.27. The number of amides is 3. The molecule has 0 bridgehead atoms. The van der Waals surface area contributed by atoms with Crippen LogP contribution in [0.15, 0.2) is 60.7 Å². The summed E-state index contributed by atoms with van der Waals surface area (Å²) < 4.78 is 1.73. The Morgan fingerprint density at radius 3 is 2.56 bits per heavy atom. The number of anilines is 1. The van der Waals surface area contributed by atoms with E-state index in [0.29, 0.717) is 17.9 Å². The van der Waals surface area contributed by atoms with E-state index in [-0.39, 0.29) is 30.2 Å². The van der Waals surface area contributed by atoms with Crippen LogP contribution < -0.4 is 16.0 Å². The van der Waals surface area contributed by atoms with E-state index in [1.54, 1.807) is 22.9 Å². The molecule has 0 aliphatic carbocycles. The lowest BCUT2D eigenvalue weighted by atomic mass is 10.1.